The van der Waals surface area contributed by atoms with Gasteiger partial charge in [0.2, 0.25) is 0 Å². The van der Waals surface area contributed by atoms with E-state index in [4.69, 9.17) is 0 Å². The second-order valence-corrected chi connectivity index (χ2v) is 5.27. The first kappa shape index (κ1) is 15.8. The number of aromatic hydroxyl groups is 1. The van der Waals surface area contributed by atoms with Gasteiger partial charge in [-0.3, -0.25) is 4.79 Å². The van der Waals surface area contributed by atoms with E-state index in [-0.39, 0.29) is 11.3 Å². The summed E-state index contributed by atoms with van der Waals surface area (Å²) in [5, 5.41) is 13.8. The molecule has 0 heterocycles. The Morgan fingerprint density at radius 1 is 1.23 bits per heavy atom. The summed E-state index contributed by atoms with van der Waals surface area (Å²) in [6, 6.07) is 15.2. The molecule has 4 nitrogen and oxygen atoms in total. The Hall–Kier alpha value is -2.62. The Morgan fingerprint density at radius 2 is 1.95 bits per heavy atom. The van der Waals surface area contributed by atoms with Gasteiger partial charge in [0.15, 0.2) is 0 Å². The van der Waals surface area contributed by atoms with E-state index in [1.807, 2.05) is 18.2 Å². The van der Waals surface area contributed by atoms with Gasteiger partial charge in [-0.2, -0.15) is 5.10 Å². The smallest absolute Gasteiger partial charge is 0.275 e. The highest BCUT2D eigenvalue weighted by atomic mass is 16.3. The van der Waals surface area contributed by atoms with Crippen LogP contribution in [-0.2, 0) is 0 Å². The highest BCUT2D eigenvalue weighted by Crippen LogP contribution is 2.21. The summed E-state index contributed by atoms with van der Waals surface area (Å²) in [5.74, 6) is -0.0908. The molecule has 1 amide bonds. The predicted molar refractivity (Wildman–Crippen MR) is 88.3 cm³/mol. The van der Waals surface area contributed by atoms with Crippen molar-refractivity contribution >= 4 is 12.1 Å². The molecule has 2 rings (SSSR count). The van der Waals surface area contributed by atoms with Crippen LogP contribution in [-0.4, -0.2) is 17.2 Å². The summed E-state index contributed by atoms with van der Waals surface area (Å²) in [4.78, 5) is 11.9. The first-order chi connectivity index (χ1) is 10.6. The van der Waals surface area contributed by atoms with Crippen LogP contribution >= 0.6 is 0 Å². The SMILES string of the molecule is Cc1cccc(C(=O)NN=CCC(C)c2ccccc2)c1O. The summed E-state index contributed by atoms with van der Waals surface area (Å²) in [5.41, 5.74) is 4.57. The maximum absolute atomic E-state index is 11.9. The highest BCUT2D eigenvalue weighted by molar-refractivity contribution is 5.97. The molecule has 0 aromatic heterocycles. The average Bonchev–Trinajstić information content (AvgIpc) is 2.54. The monoisotopic (exact) mass is 296 g/mol. The number of para-hydroxylation sites is 1. The molecular formula is C18H20N2O2. The Morgan fingerprint density at radius 3 is 2.68 bits per heavy atom. The zero-order valence-electron chi connectivity index (χ0n) is 12.8. The molecule has 0 bridgehead atoms. The van der Waals surface area contributed by atoms with Crippen LogP contribution < -0.4 is 5.43 Å². The number of hydrazone groups is 1. The zero-order valence-corrected chi connectivity index (χ0v) is 12.8. The highest BCUT2D eigenvalue weighted by Gasteiger charge is 2.11. The van der Waals surface area contributed by atoms with Crippen molar-refractivity contribution in [2.45, 2.75) is 26.2 Å². The van der Waals surface area contributed by atoms with Crippen molar-refractivity contribution in [2.75, 3.05) is 0 Å². The molecule has 0 saturated carbocycles. The molecule has 114 valence electrons. The number of rotatable bonds is 5. The van der Waals surface area contributed by atoms with Gasteiger partial charge in [0.05, 0.1) is 5.56 Å². The number of nitrogens with one attached hydrogen (secondary N) is 1. The third-order valence-electron chi connectivity index (χ3n) is 3.57. The molecule has 2 N–H and O–H groups in total. The van der Waals surface area contributed by atoms with Gasteiger partial charge in [0.25, 0.3) is 5.91 Å². The van der Waals surface area contributed by atoms with Gasteiger partial charge in [0, 0.05) is 6.21 Å². The van der Waals surface area contributed by atoms with Crippen LogP contribution in [0.3, 0.4) is 0 Å². The first-order valence-electron chi connectivity index (χ1n) is 7.25. The van der Waals surface area contributed by atoms with E-state index in [1.165, 1.54) is 5.56 Å². The van der Waals surface area contributed by atoms with Gasteiger partial charge in [0.1, 0.15) is 5.75 Å². The molecule has 0 aliphatic rings. The lowest BCUT2D eigenvalue weighted by Gasteiger charge is -2.08. The van der Waals surface area contributed by atoms with E-state index in [9.17, 15) is 9.90 Å². The van der Waals surface area contributed by atoms with Crippen molar-refractivity contribution in [2.24, 2.45) is 5.10 Å². The van der Waals surface area contributed by atoms with Gasteiger partial charge in [-0.1, -0.05) is 49.4 Å². The predicted octanol–water partition coefficient (Wildman–Crippen LogP) is 3.61. The van der Waals surface area contributed by atoms with Crippen LogP contribution in [0.1, 0.15) is 40.7 Å². The number of amides is 1. The maximum atomic E-state index is 11.9. The third kappa shape index (κ3) is 3.95. The van der Waals surface area contributed by atoms with E-state index in [1.54, 1.807) is 31.3 Å². The lowest BCUT2D eigenvalue weighted by atomic mass is 9.99. The molecule has 22 heavy (non-hydrogen) atoms. The van der Waals surface area contributed by atoms with Crippen molar-refractivity contribution in [1.29, 1.82) is 0 Å². The standard InChI is InChI=1S/C18H20N2O2/c1-13(15-8-4-3-5-9-15)11-12-19-20-18(22)16-10-6-7-14(2)17(16)21/h3-10,12-13,21H,11H2,1-2H3,(H,20,22). The zero-order chi connectivity index (χ0) is 15.9. The van der Waals surface area contributed by atoms with Crippen LogP contribution in [0.5, 0.6) is 5.75 Å². The molecule has 0 spiro atoms. The van der Waals surface area contributed by atoms with E-state index in [2.05, 4.69) is 29.6 Å². The number of hydrogen-bond donors (Lipinski definition) is 2. The molecule has 4 heteroatoms. The van der Waals surface area contributed by atoms with Crippen LogP contribution in [0.2, 0.25) is 0 Å². The molecule has 1 atom stereocenters. The summed E-state index contributed by atoms with van der Waals surface area (Å²) < 4.78 is 0. The average molecular weight is 296 g/mol. The van der Waals surface area contributed by atoms with Crippen LogP contribution in [0, 0.1) is 6.92 Å². The number of hydrogen-bond acceptors (Lipinski definition) is 3. The largest absolute Gasteiger partial charge is 0.507 e. The molecule has 1 unspecified atom stereocenters. The molecule has 0 aliphatic carbocycles. The van der Waals surface area contributed by atoms with Crippen molar-refractivity contribution in [3.8, 4) is 5.75 Å². The second kappa shape index (κ2) is 7.41. The number of carbonyl (C=O) groups excluding carboxylic acids is 1. The molecule has 2 aromatic carbocycles. The number of phenols is 1. The lowest BCUT2D eigenvalue weighted by Crippen LogP contribution is -2.18. The number of aryl methyl sites for hydroxylation is 1. The van der Waals surface area contributed by atoms with Gasteiger partial charge in [-0.15, -0.1) is 0 Å². The number of nitrogens with zero attached hydrogens (tertiary/aromatic N) is 1. The van der Waals surface area contributed by atoms with Gasteiger partial charge in [-0.25, -0.2) is 5.43 Å². The molecule has 0 saturated heterocycles. The molecular weight excluding hydrogens is 276 g/mol. The quantitative estimate of drug-likeness (QED) is 0.654. The fraction of sp³-hybridized carbons (Fsp3) is 0.222. The maximum Gasteiger partial charge on any atom is 0.275 e. The van der Waals surface area contributed by atoms with E-state index in [0.717, 1.165) is 6.42 Å². The Labute approximate surface area is 130 Å². The van der Waals surface area contributed by atoms with Crippen molar-refractivity contribution in [3.63, 3.8) is 0 Å². The Bertz CT molecular complexity index is 666. The second-order valence-electron chi connectivity index (χ2n) is 5.27. The Kier molecular flexibility index (Phi) is 5.31. The van der Waals surface area contributed by atoms with Crippen LogP contribution in [0.4, 0.5) is 0 Å². The normalized spacial score (nSPS) is 12.3. The first-order valence-corrected chi connectivity index (χ1v) is 7.25. The van der Waals surface area contributed by atoms with Gasteiger partial charge in [-0.05, 0) is 36.5 Å². The van der Waals surface area contributed by atoms with Crippen molar-refractivity contribution in [3.05, 3.63) is 65.2 Å². The number of benzene rings is 2. The minimum atomic E-state index is -0.412. The minimum Gasteiger partial charge on any atom is -0.507 e. The van der Waals surface area contributed by atoms with Crippen molar-refractivity contribution in [1.82, 2.24) is 5.43 Å². The topological polar surface area (TPSA) is 61.7 Å². The summed E-state index contributed by atoms with van der Waals surface area (Å²) in [6.07, 6.45) is 2.41. The summed E-state index contributed by atoms with van der Waals surface area (Å²) >= 11 is 0. The number of phenolic OH excluding ortho intramolecular Hbond substituents is 1. The van der Waals surface area contributed by atoms with Crippen LogP contribution in [0.25, 0.3) is 0 Å². The summed E-state index contributed by atoms with van der Waals surface area (Å²) in [6.45, 7) is 3.85. The molecule has 0 fully saturated rings. The molecule has 0 aliphatic heterocycles. The fourth-order valence-corrected chi connectivity index (χ4v) is 2.14. The minimum absolute atomic E-state index is 0.00662. The molecule has 2 aromatic rings. The Balaban J connectivity index is 1.90. The number of carbonyl (C=O) groups is 1. The van der Waals surface area contributed by atoms with Gasteiger partial charge < -0.3 is 5.11 Å². The van der Waals surface area contributed by atoms with Crippen LogP contribution in [0.15, 0.2) is 53.6 Å². The lowest BCUT2D eigenvalue weighted by molar-refractivity contribution is 0.0952. The van der Waals surface area contributed by atoms with Gasteiger partial charge >= 0.3 is 0 Å². The third-order valence-corrected chi connectivity index (χ3v) is 3.57. The summed E-state index contributed by atoms with van der Waals surface area (Å²) in [7, 11) is 0. The van der Waals surface area contributed by atoms with E-state index < -0.39 is 5.91 Å². The molecule has 0 radical (unpaired) electrons. The van der Waals surface area contributed by atoms with E-state index >= 15 is 0 Å². The fourth-order valence-electron chi connectivity index (χ4n) is 2.14. The van der Waals surface area contributed by atoms with E-state index in [0.29, 0.717) is 11.5 Å². The van der Waals surface area contributed by atoms with Crippen molar-refractivity contribution < 1.29 is 9.90 Å².